The van der Waals surface area contributed by atoms with Crippen LogP contribution >= 0.6 is 0 Å². The van der Waals surface area contributed by atoms with E-state index >= 15 is 0 Å². The normalized spacial score (nSPS) is 10.5. The van der Waals surface area contributed by atoms with E-state index in [0.29, 0.717) is 33.4 Å². The molecular formula is C26H19FN2O3. The minimum atomic E-state index is -0.375. The Morgan fingerprint density at radius 3 is 2.41 bits per heavy atom. The average Bonchev–Trinajstić information content (AvgIpc) is 3.21. The van der Waals surface area contributed by atoms with Gasteiger partial charge in [-0.15, -0.1) is 6.42 Å². The first kappa shape index (κ1) is 20.9. The highest BCUT2D eigenvalue weighted by molar-refractivity contribution is 6.11. The van der Waals surface area contributed by atoms with Crippen LogP contribution in [0.15, 0.2) is 71.1 Å². The number of terminal acetylenes is 1. The number of carbonyl (C=O) groups is 2. The highest BCUT2D eigenvalue weighted by Gasteiger charge is 2.22. The summed E-state index contributed by atoms with van der Waals surface area (Å²) in [4.78, 5) is 25.0. The van der Waals surface area contributed by atoms with Crippen LogP contribution in [0, 0.1) is 18.2 Å². The topological polar surface area (TPSA) is 71.3 Å². The fourth-order valence-corrected chi connectivity index (χ4v) is 3.51. The summed E-state index contributed by atoms with van der Waals surface area (Å²) < 4.78 is 19.4. The van der Waals surface area contributed by atoms with E-state index in [1.807, 2.05) is 18.2 Å². The molecule has 6 heteroatoms. The third-order valence-electron chi connectivity index (χ3n) is 5.06. The maximum absolute atomic E-state index is 13.4. The van der Waals surface area contributed by atoms with Crippen LogP contribution in [0.3, 0.4) is 0 Å². The lowest BCUT2D eigenvalue weighted by molar-refractivity contribution is 0.0953. The van der Waals surface area contributed by atoms with E-state index in [2.05, 4.69) is 16.6 Å². The fraction of sp³-hybridized carbons (Fsp3) is 0.0769. The number of benzene rings is 3. The van der Waals surface area contributed by atoms with Gasteiger partial charge in [0.1, 0.15) is 17.2 Å². The second kappa shape index (κ2) is 8.78. The molecule has 0 unspecified atom stereocenters. The molecule has 0 saturated heterocycles. The quantitative estimate of drug-likeness (QED) is 0.457. The van der Waals surface area contributed by atoms with E-state index in [4.69, 9.17) is 10.8 Å². The van der Waals surface area contributed by atoms with Crippen molar-refractivity contribution in [1.82, 2.24) is 10.6 Å². The molecule has 1 heterocycles. The molecule has 0 aliphatic carbocycles. The van der Waals surface area contributed by atoms with Gasteiger partial charge in [-0.3, -0.25) is 9.59 Å². The number of carbonyl (C=O) groups excluding carboxylic acids is 2. The van der Waals surface area contributed by atoms with Crippen molar-refractivity contribution in [1.29, 1.82) is 0 Å². The number of halogens is 1. The molecule has 0 bridgehead atoms. The standard InChI is InChI=1S/C26H19FN2O3/c1-3-13-29-25(30)19-6-4-5-17(14-19)18-9-12-22-21(15-18)23(26(31)28-2)24(32-22)16-7-10-20(27)11-8-16/h1,4-12,14-15H,13H2,2H3,(H,28,31)(H,29,30). The van der Waals surface area contributed by atoms with Crippen LogP contribution in [0.4, 0.5) is 4.39 Å². The monoisotopic (exact) mass is 426 g/mol. The Morgan fingerprint density at radius 1 is 0.969 bits per heavy atom. The largest absolute Gasteiger partial charge is 0.455 e. The van der Waals surface area contributed by atoms with E-state index in [0.717, 1.165) is 11.1 Å². The molecule has 0 aliphatic heterocycles. The van der Waals surface area contributed by atoms with Gasteiger partial charge in [-0.05, 0) is 59.7 Å². The first-order chi connectivity index (χ1) is 15.5. The lowest BCUT2D eigenvalue weighted by atomic mass is 9.99. The molecule has 3 aromatic carbocycles. The van der Waals surface area contributed by atoms with Gasteiger partial charge >= 0.3 is 0 Å². The van der Waals surface area contributed by atoms with Crippen LogP contribution in [0.2, 0.25) is 0 Å². The summed E-state index contributed by atoms with van der Waals surface area (Å²) in [6.07, 6.45) is 5.21. The molecule has 158 valence electrons. The fourth-order valence-electron chi connectivity index (χ4n) is 3.51. The van der Waals surface area contributed by atoms with E-state index < -0.39 is 0 Å². The number of furan rings is 1. The van der Waals surface area contributed by atoms with Gasteiger partial charge in [-0.25, -0.2) is 4.39 Å². The number of hydrogen-bond donors (Lipinski definition) is 2. The molecule has 2 N–H and O–H groups in total. The first-order valence-electron chi connectivity index (χ1n) is 9.88. The van der Waals surface area contributed by atoms with Gasteiger partial charge in [-0.2, -0.15) is 0 Å². The predicted molar refractivity (Wildman–Crippen MR) is 122 cm³/mol. The molecule has 0 fully saturated rings. The van der Waals surface area contributed by atoms with Crippen molar-refractivity contribution >= 4 is 22.8 Å². The lowest BCUT2D eigenvalue weighted by Gasteiger charge is -2.06. The van der Waals surface area contributed by atoms with Gasteiger partial charge in [0, 0.05) is 23.6 Å². The Labute approximate surface area is 184 Å². The lowest BCUT2D eigenvalue weighted by Crippen LogP contribution is -2.23. The van der Waals surface area contributed by atoms with E-state index in [-0.39, 0.29) is 24.2 Å². The van der Waals surface area contributed by atoms with Crippen LogP contribution in [0.1, 0.15) is 20.7 Å². The number of amides is 2. The molecule has 0 spiro atoms. The van der Waals surface area contributed by atoms with Crippen LogP contribution in [0.25, 0.3) is 33.4 Å². The zero-order valence-electron chi connectivity index (χ0n) is 17.2. The maximum atomic E-state index is 13.4. The van der Waals surface area contributed by atoms with E-state index in [1.165, 1.54) is 19.2 Å². The van der Waals surface area contributed by atoms with Crippen molar-refractivity contribution in [3.8, 4) is 34.8 Å². The van der Waals surface area contributed by atoms with Gasteiger partial charge in [0.15, 0.2) is 0 Å². The molecule has 32 heavy (non-hydrogen) atoms. The summed E-state index contributed by atoms with van der Waals surface area (Å²) in [5.41, 5.74) is 3.56. The number of rotatable bonds is 5. The van der Waals surface area contributed by atoms with Gasteiger partial charge in [0.25, 0.3) is 11.8 Å². The van der Waals surface area contributed by atoms with E-state index in [1.54, 1.807) is 36.4 Å². The Kier molecular flexibility index (Phi) is 5.73. The highest BCUT2D eigenvalue weighted by Crippen LogP contribution is 2.36. The molecule has 4 aromatic rings. The summed E-state index contributed by atoms with van der Waals surface area (Å²) >= 11 is 0. The van der Waals surface area contributed by atoms with Crippen molar-refractivity contribution in [3.05, 3.63) is 83.7 Å². The van der Waals surface area contributed by atoms with Crippen molar-refractivity contribution in [3.63, 3.8) is 0 Å². The van der Waals surface area contributed by atoms with E-state index in [9.17, 15) is 14.0 Å². The zero-order chi connectivity index (χ0) is 22.7. The minimum Gasteiger partial charge on any atom is -0.455 e. The maximum Gasteiger partial charge on any atom is 0.255 e. The first-order valence-corrected chi connectivity index (χ1v) is 9.88. The molecule has 4 rings (SSSR count). The van der Waals surface area contributed by atoms with Crippen molar-refractivity contribution in [2.24, 2.45) is 0 Å². The van der Waals surface area contributed by atoms with Crippen molar-refractivity contribution in [2.45, 2.75) is 0 Å². The average molecular weight is 426 g/mol. The Bertz CT molecular complexity index is 1360. The van der Waals surface area contributed by atoms with Crippen LogP contribution < -0.4 is 10.6 Å². The van der Waals surface area contributed by atoms with Gasteiger partial charge < -0.3 is 15.1 Å². The van der Waals surface area contributed by atoms with Crippen LogP contribution in [-0.2, 0) is 0 Å². The predicted octanol–water partition coefficient (Wildman–Crippen LogP) is 4.63. The summed E-state index contributed by atoms with van der Waals surface area (Å²) in [6.45, 7) is 0.145. The third-order valence-corrected chi connectivity index (χ3v) is 5.06. The minimum absolute atomic E-state index is 0.145. The van der Waals surface area contributed by atoms with Gasteiger partial charge in [0.2, 0.25) is 0 Å². The van der Waals surface area contributed by atoms with Crippen molar-refractivity contribution < 1.29 is 18.4 Å². The molecule has 0 atom stereocenters. The summed E-state index contributed by atoms with van der Waals surface area (Å²) in [6, 6.07) is 18.4. The Hall–Kier alpha value is -4.37. The molecule has 0 saturated carbocycles. The highest BCUT2D eigenvalue weighted by atomic mass is 19.1. The molecule has 0 radical (unpaired) electrons. The smallest absolute Gasteiger partial charge is 0.255 e. The number of hydrogen-bond acceptors (Lipinski definition) is 3. The van der Waals surface area contributed by atoms with Gasteiger partial charge in [-0.1, -0.05) is 24.1 Å². The summed E-state index contributed by atoms with van der Waals surface area (Å²) in [5.74, 6) is 1.78. The second-order valence-electron chi connectivity index (χ2n) is 7.07. The van der Waals surface area contributed by atoms with Crippen molar-refractivity contribution in [2.75, 3.05) is 13.6 Å². The summed E-state index contributed by atoms with van der Waals surface area (Å²) in [7, 11) is 1.54. The SMILES string of the molecule is C#CCNC(=O)c1cccc(-c2ccc3oc(-c4ccc(F)cc4)c(C(=O)NC)c3c2)c1. The summed E-state index contributed by atoms with van der Waals surface area (Å²) in [5, 5.41) is 5.90. The van der Waals surface area contributed by atoms with Crippen LogP contribution in [-0.4, -0.2) is 25.4 Å². The molecule has 1 aromatic heterocycles. The van der Waals surface area contributed by atoms with Gasteiger partial charge in [0.05, 0.1) is 12.1 Å². The Morgan fingerprint density at radius 2 is 1.69 bits per heavy atom. The molecule has 2 amide bonds. The zero-order valence-corrected chi connectivity index (χ0v) is 17.2. The molecule has 0 aliphatic rings. The number of nitrogens with one attached hydrogen (secondary N) is 2. The van der Waals surface area contributed by atoms with Crippen LogP contribution in [0.5, 0.6) is 0 Å². The molecule has 5 nitrogen and oxygen atoms in total. The number of fused-ring (bicyclic) bond motifs is 1. The second-order valence-corrected chi connectivity index (χ2v) is 7.07. The molecular weight excluding hydrogens is 407 g/mol. The Balaban J connectivity index is 1.82. The third kappa shape index (κ3) is 3.96.